The topological polar surface area (TPSA) is 26.7 Å². The zero-order valence-electron chi connectivity index (χ0n) is 17.3. The molecular weight excluding hydrogens is 456 g/mol. The van der Waals surface area contributed by atoms with Crippen LogP contribution in [0, 0.1) is 5.92 Å². The van der Waals surface area contributed by atoms with E-state index in [2.05, 4.69) is 62.4 Å². The molecule has 0 radical (unpaired) electrons. The van der Waals surface area contributed by atoms with Gasteiger partial charge in [0.25, 0.3) is 0 Å². The van der Waals surface area contributed by atoms with Gasteiger partial charge in [0.15, 0.2) is 0 Å². The lowest BCUT2D eigenvalue weighted by Gasteiger charge is -2.35. The summed E-state index contributed by atoms with van der Waals surface area (Å²) in [4.78, 5) is 5.54. The average Bonchev–Trinajstić information content (AvgIpc) is 2.88. The number of unbranched alkanes of at least 4 members (excludes halogenated alkanes) is 9. The monoisotopic (exact) mass is 496 g/mol. The Balaban J connectivity index is 2.25. The van der Waals surface area contributed by atoms with Gasteiger partial charge in [-0.15, -0.1) is 0 Å². The maximum absolute atomic E-state index is 9.46. The first-order valence-electron chi connectivity index (χ1n) is 11.0. The van der Waals surface area contributed by atoms with Gasteiger partial charge in [-0.1, -0.05) is 117 Å². The second-order valence-corrected chi connectivity index (χ2v) is 9.78. The maximum Gasteiger partial charge on any atom is 0.0928 e. The number of alkyl halides is 2. The third-order valence-corrected chi connectivity index (χ3v) is 8.55. The number of hydrogen-bond donors (Lipinski definition) is 1. The molecule has 1 aliphatic heterocycles. The number of rotatable bonds is 15. The van der Waals surface area contributed by atoms with Gasteiger partial charge in [-0.3, -0.25) is 9.80 Å². The van der Waals surface area contributed by atoms with Crippen LogP contribution in [0.4, 0.5) is 0 Å². The number of likely N-dealkylation sites (N-methyl/N-ethyl adjacent to an activating group) is 1. The Morgan fingerprint density at radius 3 is 1.81 bits per heavy atom. The van der Waals surface area contributed by atoms with Crippen LogP contribution in [0.2, 0.25) is 0 Å². The van der Waals surface area contributed by atoms with Crippen LogP contribution >= 0.6 is 31.9 Å². The van der Waals surface area contributed by atoms with Crippen LogP contribution in [0.5, 0.6) is 0 Å². The van der Waals surface area contributed by atoms with Crippen molar-refractivity contribution in [1.29, 1.82) is 0 Å². The number of halogens is 2. The SMILES string of the molecule is CCCCCCCCCCCCC(C)C1N(CC)C(Br)C(Br)N1CCO. The van der Waals surface area contributed by atoms with Gasteiger partial charge in [0, 0.05) is 6.54 Å². The number of β-amino-alcohol motifs (C(OH)–C–C–N with tert-alkyl or cyclic N) is 1. The Hall–Kier alpha value is 0.840. The zero-order chi connectivity index (χ0) is 19.4. The zero-order valence-corrected chi connectivity index (χ0v) is 20.5. The van der Waals surface area contributed by atoms with Crippen molar-refractivity contribution >= 4 is 31.9 Å². The van der Waals surface area contributed by atoms with Crippen molar-refractivity contribution in [2.24, 2.45) is 5.92 Å². The molecule has 156 valence electrons. The number of nitrogens with zero attached hydrogens (tertiary/aromatic N) is 2. The Morgan fingerprint density at radius 1 is 0.808 bits per heavy atom. The third kappa shape index (κ3) is 8.06. The van der Waals surface area contributed by atoms with Crippen LogP contribution in [-0.2, 0) is 0 Å². The molecule has 4 unspecified atom stereocenters. The van der Waals surface area contributed by atoms with Gasteiger partial charge in [0.1, 0.15) is 0 Å². The number of hydrogen-bond acceptors (Lipinski definition) is 3. The molecule has 26 heavy (non-hydrogen) atoms. The highest BCUT2D eigenvalue weighted by atomic mass is 79.9. The highest BCUT2D eigenvalue weighted by Crippen LogP contribution is 2.38. The second-order valence-electron chi connectivity index (χ2n) is 7.90. The minimum Gasteiger partial charge on any atom is -0.395 e. The molecule has 5 heteroatoms. The Morgan fingerprint density at radius 2 is 1.31 bits per heavy atom. The molecule has 0 bridgehead atoms. The van der Waals surface area contributed by atoms with E-state index < -0.39 is 0 Å². The van der Waals surface area contributed by atoms with Crippen molar-refractivity contribution in [2.45, 2.75) is 107 Å². The molecule has 3 nitrogen and oxygen atoms in total. The fraction of sp³-hybridized carbons (Fsp3) is 1.00. The minimum absolute atomic E-state index is 0.223. The first kappa shape index (κ1) is 24.9. The van der Waals surface area contributed by atoms with Gasteiger partial charge in [0.2, 0.25) is 0 Å². The summed E-state index contributed by atoms with van der Waals surface area (Å²) < 4.78 is 0. The standard InChI is InChI=1S/C21H42Br2N2O/c1-4-6-7-8-9-10-11-12-13-14-15-18(3)21-24(5-2)19(22)20(23)25(21)16-17-26/h18-21,26H,4-17H2,1-3H3. The van der Waals surface area contributed by atoms with Crippen molar-refractivity contribution in [3.8, 4) is 0 Å². The molecule has 0 aliphatic carbocycles. The van der Waals surface area contributed by atoms with E-state index in [1.165, 1.54) is 70.6 Å². The van der Waals surface area contributed by atoms with Crippen LogP contribution in [-0.4, -0.2) is 50.7 Å². The number of aliphatic hydroxyl groups excluding tert-OH is 1. The first-order valence-corrected chi connectivity index (χ1v) is 12.8. The molecule has 0 saturated carbocycles. The highest BCUT2D eigenvalue weighted by Gasteiger charge is 2.45. The Kier molecular flexibility index (Phi) is 14.1. The summed E-state index contributed by atoms with van der Waals surface area (Å²) in [5.41, 5.74) is 0. The van der Waals surface area contributed by atoms with Gasteiger partial charge in [-0.05, 0) is 18.9 Å². The third-order valence-electron chi connectivity index (χ3n) is 5.79. The predicted molar refractivity (Wildman–Crippen MR) is 121 cm³/mol. The van der Waals surface area contributed by atoms with Crippen LogP contribution in [0.15, 0.2) is 0 Å². The summed E-state index contributed by atoms with van der Waals surface area (Å²) in [5, 5.41) is 9.46. The van der Waals surface area contributed by atoms with Gasteiger partial charge in [-0.25, -0.2) is 0 Å². The van der Waals surface area contributed by atoms with Gasteiger partial charge in [-0.2, -0.15) is 0 Å². The summed E-state index contributed by atoms with van der Waals surface area (Å²) in [5.74, 6) is 0.623. The average molecular weight is 498 g/mol. The van der Waals surface area contributed by atoms with E-state index in [-0.39, 0.29) is 11.6 Å². The van der Waals surface area contributed by atoms with Crippen LogP contribution in [0.25, 0.3) is 0 Å². The predicted octanol–water partition coefficient (Wildman–Crippen LogP) is 6.33. The molecule has 1 N–H and O–H groups in total. The fourth-order valence-electron chi connectivity index (χ4n) is 4.29. The van der Waals surface area contributed by atoms with Crippen LogP contribution < -0.4 is 0 Å². The lowest BCUT2D eigenvalue weighted by Crippen LogP contribution is -2.45. The lowest BCUT2D eigenvalue weighted by molar-refractivity contribution is 0.0663. The molecule has 1 rings (SSSR count). The molecule has 0 aromatic carbocycles. The van der Waals surface area contributed by atoms with E-state index in [0.29, 0.717) is 17.0 Å². The van der Waals surface area contributed by atoms with Gasteiger partial charge in [0.05, 0.1) is 22.7 Å². The Bertz CT molecular complexity index is 346. The van der Waals surface area contributed by atoms with Gasteiger partial charge < -0.3 is 5.11 Å². The quantitative estimate of drug-likeness (QED) is 0.162. The second kappa shape index (κ2) is 14.8. The van der Waals surface area contributed by atoms with E-state index in [4.69, 9.17) is 0 Å². The van der Waals surface area contributed by atoms with Crippen molar-refractivity contribution in [3.63, 3.8) is 0 Å². The maximum atomic E-state index is 9.46. The summed E-state index contributed by atoms with van der Waals surface area (Å²) in [6, 6.07) is 0. The van der Waals surface area contributed by atoms with Crippen molar-refractivity contribution < 1.29 is 5.11 Å². The summed E-state index contributed by atoms with van der Waals surface area (Å²) in [6.45, 7) is 8.90. The molecular formula is C21H42Br2N2O. The largest absolute Gasteiger partial charge is 0.395 e. The molecule has 0 aromatic heterocycles. The van der Waals surface area contributed by atoms with Crippen molar-refractivity contribution in [2.75, 3.05) is 19.7 Å². The lowest BCUT2D eigenvalue weighted by atomic mass is 9.97. The van der Waals surface area contributed by atoms with Gasteiger partial charge >= 0.3 is 0 Å². The fourth-order valence-corrected chi connectivity index (χ4v) is 5.87. The first-order chi connectivity index (χ1) is 12.6. The van der Waals surface area contributed by atoms with E-state index in [0.717, 1.165) is 13.1 Å². The molecule has 0 amide bonds. The summed E-state index contributed by atoms with van der Waals surface area (Å²) in [7, 11) is 0. The van der Waals surface area contributed by atoms with E-state index in [9.17, 15) is 5.11 Å². The van der Waals surface area contributed by atoms with Crippen molar-refractivity contribution in [1.82, 2.24) is 9.80 Å². The van der Waals surface area contributed by atoms with E-state index in [1.807, 2.05) is 0 Å². The number of aliphatic hydroxyl groups is 1. The smallest absolute Gasteiger partial charge is 0.0928 e. The summed E-state index contributed by atoms with van der Waals surface area (Å²) >= 11 is 7.66. The minimum atomic E-state index is 0.223. The molecule has 0 aromatic rings. The molecule has 1 heterocycles. The van der Waals surface area contributed by atoms with Crippen molar-refractivity contribution in [3.05, 3.63) is 0 Å². The van der Waals surface area contributed by atoms with Crippen LogP contribution in [0.3, 0.4) is 0 Å². The molecule has 1 aliphatic rings. The molecule has 1 saturated heterocycles. The normalized spacial score (nSPS) is 25.8. The summed E-state index contributed by atoms with van der Waals surface area (Å²) in [6.07, 6.45) is 15.7. The molecule has 1 fully saturated rings. The van der Waals surface area contributed by atoms with E-state index in [1.54, 1.807) is 0 Å². The molecule has 4 atom stereocenters. The van der Waals surface area contributed by atoms with E-state index >= 15 is 0 Å². The van der Waals surface area contributed by atoms with Crippen LogP contribution in [0.1, 0.15) is 91.4 Å². The highest BCUT2D eigenvalue weighted by molar-refractivity contribution is 9.12. The Labute approximate surface area is 179 Å². The molecule has 0 spiro atoms.